The van der Waals surface area contributed by atoms with E-state index in [9.17, 15) is 0 Å². The normalized spacial score (nSPS) is 11.8. The van der Waals surface area contributed by atoms with E-state index in [2.05, 4.69) is 51.2 Å². The van der Waals surface area contributed by atoms with E-state index in [4.69, 9.17) is 4.74 Å². The predicted octanol–water partition coefficient (Wildman–Crippen LogP) is 4.61. The molecule has 0 aliphatic carbocycles. The lowest BCUT2D eigenvalue weighted by atomic mass is 9.99. The Morgan fingerprint density at radius 2 is 1.95 bits per heavy atom. The first-order valence-electron chi connectivity index (χ1n) is 7.33. The molecule has 1 heterocycles. The molecule has 110 valence electrons. The number of fused-ring (bicyclic) bond motifs is 1. The van der Waals surface area contributed by atoms with Gasteiger partial charge in [0.05, 0.1) is 7.11 Å². The molecule has 2 rings (SSSR count). The van der Waals surface area contributed by atoms with E-state index in [0.717, 1.165) is 18.7 Å². The van der Waals surface area contributed by atoms with Crippen LogP contribution in [0.5, 0.6) is 5.75 Å². The number of methoxy groups -OCH3 is 1. The summed E-state index contributed by atoms with van der Waals surface area (Å²) in [5.41, 5.74) is 1.51. The molecule has 1 aromatic heterocycles. The first-order chi connectivity index (χ1) is 9.51. The van der Waals surface area contributed by atoms with Gasteiger partial charge in [-0.05, 0) is 41.5 Å². The fourth-order valence-electron chi connectivity index (χ4n) is 2.38. The Kier molecular flexibility index (Phi) is 5.06. The lowest BCUT2D eigenvalue weighted by Crippen LogP contribution is -2.21. The SMILES string of the molecule is COc1ccc2c(CC(C)C)c(CNC(C)C)sc2c1. The minimum absolute atomic E-state index is 0.515. The molecule has 20 heavy (non-hydrogen) atoms. The Morgan fingerprint density at radius 3 is 2.55 bits per heavy atom. The second-order valence-electron chi connectivity index (χ2n) is 6.00. The first kappa shape index (κ1) is 15.3. The van der Waals surface area contributed by atoms with Gasteiger partial charge in [-0.1, -0.05) is 27.7 Å². The molecule has 0 saturated carbocycles. The van der Waals surface area contributed by atoms with Gasteiger partial charge in [0, 0.05) is 22.2 Å². The molecule has 1 aromatic carbocycles. The molecule has 0 radical (unpaired) electrons. The van der Waals surface area contributed by atoms with Crippen LogP contribution in [-0.4, -0.2) is 13.2 Å². The van der Waals surface area contributed by atoms with Crippen molar-refractivity contribution in [2.75, 3.05) is 7.11 Å². The van der Waals surface area contributed by atoms with E-state index in [-0.39, 0.29) is 0 Å². The van der Waals surface area contributed by atoms with Gasteiger partial charge in [-0.15, -0.1) is 11.3 Å². The number of rotatable bonds is 6. The van der Waals surface area contributed by atoms with Crippen LogP contribution < -0.4 is 10.1 Å². The highest BCUT2D eigenvalue weighted by Gasteiger charge is 2.14. The van der Waals surface area contributed by atoms with E-state index in [1.54, 1.807) is 7.11 Å². The summed E-state index contributed by atoms with van der Waals surface area (Å²) in [6, 6.07) is 6.95. The van der Waals surface area contributed by atoms with Crippen LogP contribution in [0.25, 0.3) is 10.1 Å². The van der Waals surface area contributed by atoms with E-state index in [1.807, 2.05) is 11.3 Å². The van der Waals surface area contributed by atoms with Crippen molar-refractivity contribution in [2.24, 2.45) is 5.92 Å². The number of thiophene rings is 1. The van der Waals surface area contributed by atoms with Gasteiger partial charge in [0.25, 0.3) is 0 Å². The maximum Gasteiger partial charge on any atom is 0.120 e. The van der Waals surface area contributed by atoms with E-state index in [0.29, 0.717) is 12.0 Å². The summed E-state index contributed by atoms with van der Waals surface area (Å²) >= 11 is 1.89. The maximum atomic E-state index is 5.34. The standard InChI is InChI=1S/C17H25NOS/c1-11(2)8-15-14-7-6-13(19-5)9-16(14)20-17(15)10-18-12(3)4/h6-7,9,11-12,18H,8,10H2,1-5H3. The zero-order valence-electron chi connectivity index (χ0n) is 13.1. The summed E-state index contributed by atoms with van der Waals surface area (Å²) < 4.78 is 6.68. The second kappa shape index (κ2) is 6.59. The highest BCUT2D eigenvalue weighted by Crippen LogP contribution is 2.35. The molecule has 0 aliphatic heterocycles. The Morgan fingerprint density at radius 1 is 1.20 bits per heavy atom. The lowest BCUT2D eigenvalue weighted by Gasteiger charge is -2.10. The van der Waals surface area contributed by atoms with Crippen LogP contribution in [0.2, 0.25) is 0 Å². The molecular formula is C17H25NOS. The summed E-state index contributed by atoms with van der Waals surface area (Å²) in [7, 11) is 1.73. The van der Waals surface area contributed by atoms with Crippen LogP contribution in [0.1, 0.15) is 38.1 Å². The van der Waals surface area contributed by atoms with Gasteiger partial charge in [0.15, 0.2) is 0 Å². The molecule has 0 saturated heterocycles. The Bertz CT molecular complexity index is 572. The average molecular weight is 291 g/mol. The zero-order valence-corrected chi connectivity index (χ0v) is 13.9. The van der Waals surface area contributed by atoms with E-state index < -0.39 is 0 Å². The van der Waals surface area contributed by atoms with E-state index >= 15 is 0 Å². The van der Waals surface area contributed by atoms with Gasteiger partial charge >= 0.3 is 0 Å². The van der Waals surface area contributed by atoms with Crippen LogP contribution in [-0.2, 0) is 13.0 Å². The van der Waals surface area contributed by atoms with Crippen molar-refractivity contribution in [3.05, 3.63) is 28.6 Å². The van der Waals surface area contributed by atoms with Gasteiger partial charge in [-0.25, -0.2) is 0 Å². The van der Waals surface area contributed by atoms with Crippen molar-refractivity contribution in [1.29, 1.82) is 0 Å². The molecule has 0 unspecified atom stereocenters. The number of hydrogen-bond acceptors (Lipinski definition) is 3. The molecule has 2 nitrogen and oxygen atoms in total. The van der Waals surface area contributed by atoms with Gasteiger partial charge < -0.3 is 10.1 Å². The molecular weight excluding hydrogens is 266 g/mol. The molecule has 0 atom stereocenters. The third kappa shape index (κ3) is 3.53. The quantitative estimate of drug-likeness (QED) is 0.839. The van der Waals surface area contributed by atoms with E-state index in [1.165, 1.54) is 20.5 Å². The van der Waals surface area contributed by atoms with Crippen LogP contribution in [0.3, 0.4) is 0 Å². The third-order valence-electron chi connectivity index (χ3n) is 3.37. The Labute approximate surface area is 126 Å². The molecule has 1 N–H and O–H groups in total. The van der Waals surface area contributed by atoms with Gasteiger partial charge in [0.1, 0.15) is 5.75 Å². The minimum atomic E-state index is 0.515. The average Bonchev–Trinajstić information content (AvgIpc) is 2.73. The molecule has 3 heteroatoms. The topological polar surface area (TPSA) is 21.3 Å². The van der Waals surface area contributed by atoms with Crippen LogP contribution in [0, 0.1) is 5.92 Å². The Hall–Kier alpha value is -1.06. The van der Waals surface area contributed by atoms with Crippen molar-refractivity contribution < 1.29 is 4.74 Å². The van der Waals surface area contributed by atoms with Crippen molar-refractivity contribution >= 4 is 21.4 Å². The highest BCUT2D eigenvalue weighted by molar-refractivity contribution is 7.19. The van der Waals surface area contributed by atoms with Crippen LogP contribution in [0.4, 0.5) is 0 Å². The first-order valence-corrected chi connectivity index (χ1v) is 8.14. The molecule has 0 spiro atoms. The van der Waals surface area contributed by atoms with Crippen molar-refractivity contribution in [3.63, 3.8) is 0 Å². The molecule has 0 amide bonds. The summed E-state index contributed by atoms with van der Waals surface area (Å²) in [6.45, 7) is 9.91. The molecule has 2 aromatic rings. The minimum Gasteiger partial charge on any atom is -0.497 e. The number of hydrogen-bond donors (Lipinski definition) is 1. The summed E-state index contributed by atoms with van der Waals surface area (Å²) in [6.07, 6.45) is 1.14. The largest absolute Gasteiger partial charge is 0.497 e. The second-order valence-corrected chi connectivity index (χ2v) is 7.14. The molecule has 0 fully saturated rings. The maximum absolute atomic E-state index is 5.34. The van der Waals surface area contributed by atoms with Crippen LogP contribution >= 0.6 is 11.3 Å². The Balaban J connectivity index is 2.42. The van der Waals surface area contributed by atoms with Crippen molar-refractivity contribution in [3.8, 4) is 5.75 Å². The third-order valence-corrected chi connectivity index (χ3v) is 4.56. The van der Waals surface area contributed by atoms with Gasteiger partial charge in [0.2, 0.25) is 0 Å². The van der Waals surface area contributed by atoms with Crippen LogP contribution in [0.15, 0.2) is 18.2 Å². The van der Waals surface area contributed by atoms with Gasteiger partial charge in [-0.2, -0.15) is 0 Å². The fourth-order valence-corrected chi connectivity index (χ4v) is 3.59. The van der Waals surface area contributed by atoms with Crippen molar-refractivity contribution in [2.45, 2.75) is 46.7 Å². The smallest absolute Gasteiger partial charge is 0.120 e. The number of nitrogens with one attached hydrogen (secondary N) is 1. The molecule has 0 bridgehead atoms. The molecule has 0 aliphatic rings. The number of benzene rings is 1. The summed E-state index contributed by atoms with van der Waals surface area (Å²) in [4.78, 5) is 1.47. The monoisotopic (exact) mass is 291 g/mol. The zero-order chi connectivity index (χ0) is 14.7. The van der Waals surface area contributed by atoms with Gasteiger partial charge in [-0.3, -0.25) is 0 Å². The fraction of sp³-hybridized carbons (Fsp3) is 0.529. The lowest BCUT2D eigenvalue weighted by molar-refractivity contribution is 0.415. The van der Waals surface area contributed by atoms with Crippen molar-refractivity contribution in [1.82, 2.24) is 5.32 Å². The summed E-state index contributed by atoms with van der Waals surface area (Å²) in [5, 5.41) is 4.94. The number of ether oxygens (including phenoxy) is 1. The highest BCUT2D eigenvalue weighted by atomic mass is 32.1. The predicted molar refractivity (Wildman–Crippen MR) is 88.9 cm³/mol. The summed E-state index contributed by atoms with van der Waals surface area (Å²) in [5.74, 6) is 1.62.